The van der Waals surface area contributed by atoms with Gasteiger partial charge in [-0.25, -0.2) is 0 Å². The van der Waals surface area contributed by atoms with Crippen molar-refractivity contribution in [3.8, 4) is 0 Å². The van der Waals surface area contributed by atoms with E-state index in [4.69, 9.17) is 10.6 Å². The average Bonchev–Trinajstić information content (AvgIpc) is 2.29. The number of nitrogens with two attached hydrogens (primary N) is 1. The topological polar surface area (TPSA) is 67.9 Å². The lowest BCUT2D eigenvalue weighted by atomic mass is 10.1. The van der Waals surface area contributed by atoms with E-state index >= 15 is 0 Å². The minimum absolute atomic E-state index is 0.139. The molecular weight excluding hydrogens is 170 g/mol. The van der Waals surface area contributed by atoms with E-state index in [0.29, 0.717) is 5.92 Å². The SMILES string of the molecule is CC1CN(C)C/C1=N\OCC(N)=O. The first-order chi connectivity index (χ1) is 6.09. The fourth-order valence-corrected chi connectivity index (χ4v) is 1.37. The minimum atomic E-state index is -0.497. The molecule has 1 aliphatic heterocycles. The minimum Gasteiger partial charge on any atom is -0.386 e. The van der Waals surface area contributed by atoms with Gasteiger partial charge in [-0.2, -0.15) is 0 Å². The maximum Gasteiger partial charge on any atom is 0.258 e. The molecule has 1 saturated heterocycles. The van der Waals surface area contributed by atoms with E-state index in [0.717, 1.165) is 18.8 Å². The molecule has 0 saturated carbocycles. The Balaban J connectivity index is 2.38. The molecule has 1 unspecified atom stereocenters. The van der Waals surface area contributed by atoms with Gasteiger partial charge in [0, 0.05) is 19.0 Å². The summed E-state index contributed by atoms with van der Waals surface area (Å²) >= 11 is 0. The maximum atomic E-state index is 10.3. The van der Waals surface area contributed by atoms with Gasteiger partial charge in [0.05, 0.1) is 5.71 Å². The molecule has 1 fully saturated rings. The van der Waals surface area contributed by atoms with Crippen molar-refractivity contribution in [1.82, 2.24) is 4.90 Å². The van der Waals surface area contributed by atoms with Crippen molar-refractivity contribution < 1.29 is 9.63 Å². The molecule has 0 aliphatic carbocycles. The maximum absolute atomic E-state index is 10.3. The molecule has 0 aromatic rings. The Hall–Kier alpha value is -1.10. The summed E-state index contributed by atoms with van der Waals surface area (Å²) in [6.45, 7) is 3.73. The van der Waals surface area contributed by atoms with Crippen molar-refractivity contribution in [1.29, 1.82) is 0 Å². The highest BCUT2D eigenvalue weighted by Crippen LogP contribution is 2.11. The van der Waals surface area contributed by atoms with Crippen molar-refractivity contribution in [2.45, 2.75) is 6.92 Å². The second kappa shape index (κ2) is 4.23. The Kier molecular flexibility index (Phi) is 3.25. The molecule has 0 aromatic carbocycles. The molecule has 1 amide bonds. The van der Waals surface area contributed by atoms with Gasteiger partial charge in [0.25, 0.3) is 5.91 Å². The van der Waals surface area contributed by atoms with Gasteiger partial charge in [0.15, 0.2) is 6.61 Å². The van der Waals surface area contributed by atoms with Crippen molar-refractivity contribution in [3.63, 3.8) is 0 Å². The quantitative estimate of drug-likeness (QED) is 0.598. The molecule has 0 aromatic heterocycles. The van der Waals surface area contributed by atoms with Gasteiger partial charge in [-0.05, 0) is 7.05 Å². The van der Waals surface area contributed by atoms with Gasteiger partial charge < -0.3 is 15.5 Å². The molecule has 5 nitrogen and oxygen atoms in total. The summed E-state index contributed by atoms with van der Waals surface area (Å²) in [4.78, 5) is 17.3. The van der Waals surface area contributed by atoms with Gasteiger partial charge in [0.2, 0.25) is 0 Å². The average molecular weight is 185 g/mol. The van der Waals surface area contributed by atoms with Crippen LogP contribution in [0.2, 0.25) is 0 Å². The first kappa shape index (κ1) is 9.98. The first-order valence-corrected chi connectivity index (χ1v) is 4.25. The number of hydrogen-bond donors (Lipinski definition) is 1. The number of amides is 1. The van der Waals surface area contributed by atoms with Crippen LogP contribution >= 0.6 is 0 Å². The van der Waals surface area contributed by atoms with Crippen LogP contribution in [0.4, 0.5) is 0 Å². The van der Waals surface area contributed by atoms with Crippen molar-refractivity contribution >= 4 is 11.6 Å². The standard InChI is InChI=1S/C8H15N3O2/c1-6-3-11(2)4-7(6)10-13-5-8(9)12/h6H,3-5H2,1-2H3,(H2,9,12)/b10-7+. The van der Waals surface area contributed by atoms with Crippen LogP contribution in [0.1, 0.15) is 6.92 Å². The number of rotatable bonds is 3. The van der Waals surface area contributed by atoms with Gasteiger partial charge in [-0.1, -0.05) is 12.1 Å². The number of hydrogen-bond acceptors (Lipinski definition) is 4. The Morgan fingerprint density at radius 2 is 2.54 bits per heavy atom. The summed E-state index contributed by atoms with van der Waals surface area (Å²) in [5.74, 6) is -0.0961. The third-order valence-corrected chi connectivity index (χ3v) is 1.97. The van der Waals surface area contributed by atoms with E-state index in [1.54, 1.807) is 0 Å². The summed E-state index contributed by atoms with van der Waals surface area (Å²) in [6.07, 6.45) is 0. The lowest BCUT2D eigenvalue weighted by molar-refractivity contribution is -0.122. The van der Waals surface area contributed by atoms with Crippen LogP contribution in [0.15, 0.2) is 5.16 Å². The molecule has 5 heteroatoms. The van der Waals surface area contributed by atoms with Crippen LogP contribution in [0.3, 0.4) is 0 Å². The Morgan fingerprint density at radius 3 is 3.00 bits per heavy atom. The second-order valence-electron chi connectivity index (χ2n) is 3.42. The summed E-state index contributed by atoms with van der Waals surface area (Å²) in [5, 5.41) is 3.87. The predicted molar refractivity (Wildman–Crippen MR) is 49.2 cm³/mol. The van der Waals surface area contributed by atoms with E-state index in [1.165, 1.54) is 0 Å². The van der Waals surface area contributed by atoms with Crippen LogP contribution in [0, 0.1) is 5.92 Å². The predicted octanol–water partition coefficient (Wildman–Crippen LogP) is -0.574. The lowest BCUT2D eigenvalue weighted by Gasteiger charge is -2.02. The van der Waals surface area contributed by atoms with Crippen molar-refractivity contribution in [2.24, 2.45) is 16.8 Å². The molecule has 0 radical (unpaired) electrons. The molecular formula is C8H15N3O2. The van der Waals surface area contributed by atoms with E-state index in [9.17, 15) is 4.79 Å². The molecule has 1 rings (SSSR count). The van der Waals surface area contributed by atoms with Crippen molar-refractivity contribution in [3.05, 3.63) is 0 Å². The lowest BCUT2D eigenvalue weighted by Crippen LogP contribution is -2.18. The normalized spacial score (nSPS) is 26.6. The molecule has 1 aliphatic rings. The zero-order valence-electron chi connectivity index (χ0n) is 7.99. The van der Waals surface area contributed by atoms with Crippen molar-refractivity contribution in [2.75, 3.05) is 26.7 Å². The third-order valence-electron chi connectivity index (χ3n) is 1.97. The van der Waals surface area contributed by atoms with Crippen LogP contribution in [0.25, 0.3) is 0 Å². The van der Waals surface area contributed by atoms with Crippen LogP contribution in [-0.2, 0) is 9.63 Å². The van der Waals surface area contributed by atoms with Gasteiger partial charge in [-0.3, -0.25) is 4.79 Å². The molecule has 2 N–H and O–H groups in total. The number of likely N-dealkylation sites (tertiary alicyclic amines) is 1. The number of primary amides is 1. The molecule has 1 heterocycles. The van der Waals surface area contributed by atoms with E-state index in [2.05, 4.69) is 17.0 Å². The van der Waals surface area contributed by atoms with Gasteiger partial charge in [0.1, 0.15) is 0 Å². The number of nitrogens with zero attached hydrogens (tertiary/aromatic N) is 2. The smallest absolute Gasteiger partial charge is 0.258 e. The zero-order valence-corrected chi connectivity index (χ0v) is 7.99. The molecule has 13 heavy (non-hydrogen) atoms. The van der Waals surface area contributed by atoms with E-state index in [-0.39, 0.29) is 6.61 Å². The first-order valence-electron chi connectivity index (χ1n) is 4.25. The molecule has 1 atom stereocenters. The largest absolute Gasteiger partial charge is 0.386 e. The Bertz CT molecular complexity index is 227. The number of carbonyl (C=O) groups excluding carboxylic acids is 1. The fourth-order valence-electron chi connectivity index (χ4n) is 1.37. The molecule has 0 bridgehead atoms. The van der Waals surface area contributed by atoms with Crippen LogP contribution in [-0.4, -0.2) is 43.3 Å². The Morgan fingerprint density at radius 1 is 1.85 bits per heavy atom. The zero-order chi connectivity index (χ0) is 9.84. The highest BCUT2D eigenvalue weighted by molar-refractivity contribution is 5.90. The summed E-state index contributed by atoms with van der Waals surface area (Å²) in [7, 11) is 2.02. The molecule has 74 valence electrons. The second-order valence-corrected chi connectivity index (χ2v) is 3.42. The summed E-state index contributed by atoms with van der Waals surface area (Å²) < 4.78 is 0. The van der Waals surface area contributed by atoms with Gasteiger partial charge >= 0.3 is 0 Å². The summed E-state index contributed by atoms with van der Waals surface area (Å²) in [6, 6.07) is 0. The molecule has 0 spiro atoms. The van der Waals surface area contributed by atoms with Crippen LogP contribution in [0.5, 0.6) is 0 Å². The van der Waals surface area contributed by atoms with Gasteiger partial charge in [-0.15, -0.1) is 0 Å². The highest BCUT2D eigenvalue weighted by Gasteiger charge is 2.22. The monoisotopic (exact) mass is 185 g/mol. The number of oxime groups is 1. The highest BCUT2D eigenvalue weighted by atomic mass is 16.6. The van der Waals surface area contributed by atoms with Crippen LogP contribution < -0.4 is 5.73 Å². The Labute approximate surface area is 77.5 Å². The number of carbonyl (C=O) groups is 1. The summed E-state index contributed by atoms with van der Waals surface area (Å²) in [5.41, 5.74) is 5.87. The third kappa shape index (κ3) is 3.02. The van der Waals surface area contributed by atoms with E-state index < -0.39 is 5.91 Å². The van der Waals surface area contributed by atoms with E-state index in [1.807, 2.05) is 7.05 Å². The fraction of sp³-hybridized carbons (Fsp3) is 0.750.